The summed E-state index contributed by atoms with van der Waals surface area (Å²) in [6, 6.07) is 4.65. The number of anilines is 2. The molecule has 0 saturated carbocycles. The third kappa shape index (κ3) is 8.57. The summed E-state index contributed by atoms with van der Waals surface area (Å²) in [5.74, 6) is -1.46. The summed E-state index contributed by atoms with van der Waals surface area (Å²) < 4.78 is 15.2. The maximum atomic E-state index is 13.3. The molecule has 0 aliphatic carbocycles. The van der Waals surface area contributed by atoms with E-state index in [1.165, 1.54) is 34.9 Å². The average Bonchev–Trinajstić information content (AvgIpc) is 3.97. The van der Waals surface area contributed by atoms with Gasteiger partial charge in [-0.05, 0) is 38.5 Å². The summed E-state index contributed by atoms with van der Waals surface area (Å²) in [6.07, 6.45) is 5.74. The number of nitrogens with one attached hydrogen (secondary N) is 2. The van der Waals surface area contributed by atoms with E-state index in [4.69, 9.17) is 25.9 Å². The van der Waals surface area contributed by atoms with Crippen molar-refractivity contribution < 1.29 is 28.7 Å². The number of imidazole rings is 2. The van der Waals surface area contributed by atoms with Gasteiger partial charge in [-0.25, -0.2) is 24.9 Å². The highest BCUT2D eigenvalue weighted by Gasteiger charge is 2.22. The molecule has 0 atom stereocenters. The number of pyridine rings is 1. The lowest BCUT2D eigenvalue weighted by Crippen LogP contribution is -2.37. The summed E-state index contributed by atoms with van der Waals surface area (Å²) in [7, 11) is 0. The van der Waals surface area contributed by atoms with Gasteiger partial charge in [-0.15, -0.1) is 22.7 Å². The van der Waals surface area contributed by atoms with Crippen molar-refractivity contribution in [3.05, 3.63) is 79.8 Å². The molecule has 0 spiro atoms. The molecule has 5 aromatic heterocycles. The Bertz CT molecular complexity index is 2480. The molecule has 6 aromatic rings. The molecule has 1 aliphatic rings. The van der Waals surface area contributed by atoms with Crippen LogP contribution in [0.4, 0.5) is 11.9 Å². The Kier molecular flexibility index (Phi) is 11.4. The maximum absolute atomic E-state index is 13.3. The maximum Gasteiger partial charge on any atom is 0.286 e. The molecular formula is C36H38N12O6S2. The van der Waals surface area contributed by atoms with Crippen LogP contribution < -0.4 is 26.8 Å². The number of fused-ring (bicyclic) bond motifs is 2. The fourth-order valence-corrected chi connectivity index (χ4v) is 7.43. The van der Waals surface area contributed by atoms with E-state index in [1.807, 2.05) is 12.2 Å². The van der Waals surface area contributed by atoms with Crippen LogP contribution in [-0.4, -0.2) is 102 Å². The zero-order valence-corrected chi connectivity index (χ0v) is 32.1. The molecule has 1 aliphatic heterocycles. The molecule has 0 radical (unpaired) electrons. The van der Waals surface area contributed by atoms with Gasteiger partial charge in [-0.2, -0.15) is 0 Å². The second-order valence-electron chi connectivity index (χ2n) is 12.9. The van der Waals surface area contributed by atoms with E-state index in [9.17, 15) is 19.2 Å². The molecule has 290 valence electrons. The number of allylic oxidation sites excluding steroid dienone is 2. The number of benzene rings is 1. The number of hydrogen-bond acceptors (Lipinski definition) is 14. The van der Waals surface area contributed by atoms with Crippen molar-refractivity contribution in [3.8, 4) is 5.75 Å². The Morgan fingerprint density at radius 1 is 0.821 bits per heavy atom. The molecule has 1 aromatic carbocycles. The first-order valence-corrected chi connectivity index (χ1v) is 19.3. The summed E-state index contributed by atoms with van der Waals surface area (Å²) in [5, 5.41) is 9.76. The van der Waals surface area contributed by atoms with Crippen molar-refractivity contribution in [1.29, 1.82) is 0 Å². The lowest BCUT2D eigenvalue weighted by molar-refractivity contribution is 0.0358. The van der Waals surface area contributed by atoms with Gasteiger partial charge >= 0.3 is 0 Å². The number of nitrogens with zero attached hydrogens (tertiary/aromatic N) is 8. The highest BCUT2D eigenvalue weighted by molar-refractivity contribution is 7.12. The molecule has 6 N–H and O–H groups in total. The number of aryl methyl sites for hydroxylation is 2. The minimum Gasteiger partial charge on any atom is -0.491 e. The second kappa shape index (κ2) is 16.7. The second-order valence-corrected chi connectivity index (χ2v) is 14.6. The van der Waals surface area contributed by atoms with Crippen LogP contribution in [0.3, 0.4) is 0 Å². The molecule has 0 unspecified atom stereocenters. The molecule has 7 rings (SSSR count). The van der Waals surface area contributed by atoms with E-state index < -0.39 is 23.6 Å². The van der Waals surface area contributed by atoms with Gasteiger partial charge in [0.2, 0.25) is 23.7 Å². The smallest absolute Gasteiger partial charge is 0.286 e. The van der Waals surface area contributed by atoms with Gasteiger partial charge in [0.15, 0.2) is 15.7 Å². The number of amides is 4. The highest BCUT2D eigenvalue weighted by Crippen LogP contribution is 2.32. The topological polar surface area (TPSA) is 240 Å². The summed E-state index contributed by atoms with van der Waals surface area (Å²) in [5.41, 5.74) is 14.7. The van der Waals surface area contributed by atoms with Crippen LogP contribution in [0.15, 0.2) is 47.3 Å². The highest BCUT2D eigenvalue weighted by atomic mass is 32.1. The molecule has 4 amide bonds. The molecule has 6 heterocycles. The lowest BCUT2D eigenvalue weighted by Gasteiger charge is -2.26. The van der Waals surface area contributed by atoms with Gasteiger partial charge < -0.3 is 25.5 Å². The standard InChI is InChI=1S/C36H38N12O6S2/c1-20-18-55-33(40-20)31(51)44-35-42-24-14-22(28(37)49)16-26(54-11-5-6-46-9-12-53-13-10-46)27(24)47(35)7-3-4-8-48-30-25(15-23(17-39-30)29(38)50)43-36(48)45-32(52)34-41-21(2)19-56-34/h3-4,14-19H,5-13H2,1-2H3,(H2,37,49)(H2,38,50)(H,42,44,51)(H,43,45,52). The van der Waals surface area contributed by atoms with Crippen LogP contribution in [0.5, 0.6) is 5.75 Å². The van der Waals surface area contributed by atoms with Crippen molar-refractivity contribution in [2.45, 2.75) is 33.4 Å². The van der Waals surface area contributed by atoms with Crippen LogP contribution in [0.1, 0.15) is 58.1 Å². The van der Waals surface area contributed by atoms with Gasteiger partial charge in [0.1, 0.15) is 16.8 Å². The fraction of sp³-hybridized carbons (Fsp3) is 0.306. The van der Waals surface area contributed by atoms with Crippen molar-refractivity contribution >= 4 is 80.4 Å². The quantitative estimate of drug-likeness (QED) is 0.0864. The number of aromatic nitrogens is 7. The van der Waals surface area contributed by atoms with Crippen molar-refractivity contribution in [2.75, 3.05) is 50.1 Å². The minimum absolute atomic E-state index is 0.166. The van der Waals surface area contributed by atoms with E-state index >= 15 is 0 Å². The van der Waals surface area contributed by atoms with Crippen LogP contribution >= 0.6 is 22.7 Å². The Labute approximate surface area is 327 Å². The Morgan fingerprint density at radius 3 is 2.02 bits per heavy atom. The predicted molar refractivity (Wildman–Crippen MR) is 210 cm³/mol. The number of nitrogens with two attached hydrogens (primary N) is 2. The van der Waals surface area contributed by atoms with Crippen LogP contribution in [0, 0.1) is 13.8 Å². The third-order valence-corrected chi connectivity index (χ3v) is 10.7. The summed E-state index contributed by atoms with van der Waals surface area (Å²) >= 11 is 2.41. The zero-order chi connectivity index (χ0) is 39.3. The SMILES string of the molecule is Cc1csc(C(=O)Nc2nc3cc(C(N)=O)cnc3n2CC=CCn2c(NC(=O)c3nc(C)cs3)nc3cc(C(N)=O)cc(OCCCN4CCOCC4)c32)n1. The Morgan fingerprint density at radius 2 is 1.41 bits per heavy atom. The van der Waals surface area contributed by atoms with Gasteiger partial charge in [0, 0.05) is 66.6 Å². The van der Waals surface area contributed by atoms with Crippen molar-refractivity contribution in [1.82, 2.24) is 39.0 Å². The minimum atomic E-state index is -0.665. The number of primary amides is 2. The first kappa shape index (κ1) is 38.2. The normalized spacial score (nSPS) is 13.5. The van der Waals surface area contributed by atoms with Gasteiger partial charge in [0.25, 0.3) is 11.8 Å². The van der Waals surface area contributed by atoms with Crippen LogP contribution in [0.2, 0.25) is 0 Å². The molecule has 20 heteroatoms. The van der Waals surface area contributed by atoms with Crippen molar-refractivity contribution in [2.24, 2.45) is 11.5 Å². The first-order chi connectivity index (χ1) is 27.0. The summed E-state index contributed by atoms with van der Waals surface area (Å²) in [6.45, 7) is 8.21. The van der Waals surface area contributed by atoms with E-state index in [0.717, 1.165) is 26.1 Å². The Hall–Kier alpha value is -6.09. The molecule has 56 heavy (non-hydrogen) atoms. The number of carbonyl (C=O) groups is 4. The average molecular weight is 799 g/mol. The largest absolute Gasteiger partial charge is 0.491 e. The van der Waals surface area contributed by atoms with Gasteiger partial charge in [0.05, 0.1) is 30.9 Å². The summed E-state index contributed by atoms with van der Waals surface area (Å²) in [4.78, 5) is 75.3. The monoisotopic (exact) mass is 798 g/mol. The number of morpholine rings is 1. The number of carbonyl (C=O) groups excluding carboxylic acids is 4. The van der Waals surface area contributed by atoms with E-state index in [2.05, 4.69) is 35.5 Å². The molecule has 1 saturated heterocycles. The number of ether oxygens (including phenoxy) is 2. The van der Waals surface area contributed by atoms with Gasteiger partial charge in [-0.3, -0.25) is 39.3 Å². The van der Waals surface area contributed by atoms with E-state index in [1.54, 1.807) is 45.9 Å². The predicted octanol–water partition coefficient (Wildman–Crippen LogP) is 3.37. The number of thiazole rings is 2. The van der Waals surface area contributed by atoms with E-state index in [-0.39, 0.29) is 46.1 Å². The number of rotatable bonds is 15. The molecule has 0 bridgehead atoms. The Balaban J connectivity index is 1.20. The number of hydrogen-bond donors (Lipinski definition) is 4. The van der Waals surface area contributed by atoms with Crippen molar-refractivity contribution in [3.63, 3.8) is 0 Å². The first-order valence-electron chi connectivity index (χ1n) is 17.6. The van der Waals surface area contributed by atoms with Crippen LogP contribution in [-0.2, 0) is 17.8 Å². The van der Waals surface area contributed by atoms with Gasteiger partial charge in [-0.1, -0.05) is 12.2 Å². The lowest BCUT2D eigenvalue weighted by atomic mass is 10.1. The third-order valence-electron chi connectivity index (χ3n) is 8.76. The molecule has 18 nitrogen and oxygen atoms in total. The fourth-order valence-electron chi connectivity index (χ4n) is 6.05. The zero-order valence-electron chi connectivity index (χ0n) is 30.5. The van der Waals surface area contributed by atoms with E-state index in [0.29, 0.717) is 59.2 Å². The molecular weight excluding hydrogens is 761 g/mol. The molecule has 1 fully saturated rings. The van der Waals surface area contributed by atoms with Crippen LogP contribution in [0.25, 0.3) is 22.2 Å².